The van der Waals surface area contributed by atoms with Crippen LogP contribution in [0.15, 0.2) is 42.5 Å². The van der Waals surface area contributed by atoms with E-state index >= 15 is 0 Å². The van der Waals surface area contributed by atoms with Gasteiger partial charge in [0, 0.05) is 18.5 Å². The molecule has 20 heavy (non-hydrogen) atoms. The fraction of sp³-hybridized carbons (Fsp3) is 0.250. The Hall–Kier alpha value is -1.87. The van der Waals surface area contributed by atoms with Crippen molar-refractivity contribution in [3.8, 4) is 0 Å². The van der Waals surface area contributed by atoms with E-state index in [1.165, 1.54) is 0 Å². The van der Waals surface area contributed by atoms with E-state index in [2.05, 4.69) is 17.1 Å². The smallest absolute Gasteiger partial charge is 0.159 e. The lowest BCUT2D eigenvalue weighted by Crippen LogP contribution is -2.44. The van der Waals surface area contributed by atoms with E-state index in [9.17, 15) is 4.79 Å². The number of pyridine rings is 1. The third kappa shape index (κ3) is 2.41. The molecule has 0 spiro atoms. The van der Waals surface area contributed by atoms with Crippen LogP contribution in [0.4, 0.5) is 5.82 Å². The van der Waals surface area contributed by atoms with E-state index in [-0.39, 0.29) is 11.8 Å². The Morgan fingerprint density at radius 2 is 2.00 bits per heavy atom. The van der Waals surface area contributed by atoms with Crippen molar-refractivity contribution in [3.05, 3.63) is 58.7 Å². The summed E-state index contributed by atoms with van der Waals surface area (Å²) >= 11 is 6.01. The highest BCUT2D eigenvalue weighted by atomic mass is 35.5. The van der Waals surface area contributed by atoms with Crippen LogP contribution < -0.4 is 4.90 Å². The molecule has 0 N–H and O–H groups in total. The van der Waals surface area contributed by atoms with Gasteiger partial charge in [0.15, 0.2) is 5.78 Å². The summed E-state index contributed by atoms with van der Waals surface area (Å²) in [5.41, 5.74) is 2.11. The van der Waals surface area contributed by atoms with Crippen LogP contribution in [0.3, 0.4) is 0 Å². The number of hydrogen-bond acceptors (Lipinski definition) is 3. The summed E-state index contributed by atoms with van der Waals surface area (Å²) in [5.74, 6) is 1.05. The van der Waals surface area contributed by atoms with Crippen LogP contribution in [0.5, 0.6) is 0 Å². The molecule has 2 heterocycles. The van der Waals surface area contributed by atoms with Gasteiger partial charge in [0.2, 0.25) is 0 Å². The van der Waals surface area contributed by atoms with Crippen molar-refractivity contribution in [2.45, 2.75) is 25.9 Å². The first-order valence-electron chi connectivity index (χ1n) is 6.64. The van der Waals surface area contributed by atoms with Crippen molar-refractivity contribution in [1.29, 1.82) is 0 Å². The van der Waals surface area contributed by atoms with Crippen LogP contribution >= 0.6 is 11.6 Å². The Balaban J connectivity index is 2.00. The van der Waals surface area contributed by atoms with Crippen LogP contribution in [0.1, 0.15) is 18.1 Å². The zero-order chi connectivity index (χ0) is 14.1. The molecule has 3 rings (SSSR count). The Labute approximate surface area is 123 Å². The number of hydrogen-bond donors (Lipinski definition) is 0. The zero-order valence-electron chi connectivity index (χ0n) is 11.2. The fourth-order valence-electron chi connectivity index (χ4n) is 2.53. The van der Waals surface area contributed by atoms with Crippen molar-refractivity contribution in [1.82, 2.24) is 4.98 Å². The summed E-state index contributed by atoms with van der Waals surface area (Å²) in [7, 11) is 0. The van der Waals surface area contributed by atoms with Crippen LogP contribution in [0.25, 0.3) is 0 Å². The second kappa shape index (κ2) is 5.25. The molecule has 1 aliphatic rings. The number of aromatic nitrogens is 1. The standard InChI is InChI=1S/C16H15ClN2O/c1-11-14(20)9-13-7-8-15(17)18-16(13)19(11)10-12-5-3-2-4-6-12/h2-8,11H,9-10H2,1H3/t11-/m1/s1. The number of ketones is 1. The molecule has 1 aromatic heterocycles. The molecule has 102 valence electrons. The maximum absolute atomic E-state index is 12.1. The van der Waals surface area contributed by atoms with Crippen LogP contribution in [-0.4, -0.2) is 16.8 Å². The van der Waals surface area contributed by atoms with E-state index in [1.54, 1.807) is 6.07 Å². The van der Waals surface area contributed by atoms with Gasteiger partial charge in [-0.1, -0.05) is 48.0 Å². The predicted octanol–water partition coefficient (Wildman–Crippen LogP) is 3.26. The average molecular weight is 287 g/mol. The highest BCUT2D eigenvalue weighted by Gasteiger charge is 2.30. The molecule has 4 heteroatoms. The summed E-state index contributed by atoms with van der Waals surface area (Å²) < 4.78 is 0. The first-order chi connectivity index (χ1) is 9.65. The fourth-order valence-corrected chi connectivity index (χ4v) is 2.67. The summed E-state index contributed by atoms with van der Waals surface area (Å²) in [6.07, 6.45) is 0.436. The van der Waals surface area contributed by atoms with Gasteiger partial charge in [0.1, 0.15) is 11.0 Å². The van der Waals surface area contributed by atoms with Crippen LogP contribution in [-0.2, 0) is 17.8 Å². The minimum atomic E-state index is -0.173. The zero-order valence-corrected chi connectivity index (χ0v) is 12.0. The Kier molecular flexibility index (Phi) is 3.45. The SMILES string of the molecule is C[C@@H]1C(=O)Cc2ccc(Cl)nc2N1Cc1ccccc1. The highest BCUT2D eigenvalue weighted by molar-refractivity contribution is 6.29. The minimum absolute atomic E-state index is 0.173. The van der Waals surface area contributed by atoms with Gasteiger partial charge in [-0.25, -0.2) is 4.98 Å². The quantitative estimate of drug-likeness (QED) is 0.795. The molecule has 1 aromatic carbocycles. The molecule has 0 amide bonds. The van der Waals surface area contributed by atoms with E-state index in [0.717, 1.165) is 16.9 Å². The van der Waals surface area contributed by atoms with E-state index < -0.39 is 0 Å². The van der Waals surface area contributed by atoms with E-state index in [4.69, 9.17) is 11.6 Å². The van der Waals surface area contributed by atoms with E-state index in [0.29, 0.717) is 18.1 Å². The molecule has 0 saturated carbocycles. The molecular weight excluding hydrogens is 272 g/mol. The monoisotopic (exact) mass is 286 g/mol. The lowest BCUT2D eigenvalue weighted by atomic mass is 9.97. The maximum atomic E-state index is 12.1. The molecule has 0 bridgehead atoms. The predicted molar refractivity (Wildman–Crippen MR) is 80.0 cm³/mol. The van der Waals surface area contributed by atoms with Gasteiger partial charge in [0.05, 0.1) is 6.04 Å². The van der Waals surface area contributed by atoms with Gasteiger partial charge < -0.3 is 4.90 Å². The van der Waals surface area contributed by atoms with Crippen molar-refractivity contribution < 1.29 is 4.79 Å². The number of benzene rings is 1. The van der Waals surface area contributed by atoms with E-state index in [1.807, 2.05) is 36.1 Å². The molecule has 0 aliphatic carbocycles. The van der Waals surface area contributed by atoms with Crippen LogP contribution in [0.2, 0.25) is 5.15 Å². The minimum Gasteiger partial charge on any atom is -0.342 e. The van der Waals surface area contributed by atoms with Crippen LogP contribution in [0, 0.1) is 0 Å². The number of fused-ring (bicyclic) bond motifs is 1. The Morgan fingerprint density at radius 1 is 1.25 bits per heavy atom. The molecule has 1 aliphatic heterocycles. The molecule has 1 atom stereocenters. The molecule has 0 radical (unpaired) electrons. The third-order valence-corrected chi connectivity index (χ3v) is 3.90. The topological polar surface area (TPSA) is 33.2 Å². The Morgan fingerprint density at radius 3 is 2.75 bits per heavy atom. The van der Waals surface area contributed by atoms with Gasteiger partial charge in [-0.15, -0.1) is 0 Å². The van der Waals surface area contributed by atoms with Gasteiger partial charge in [-0.3, -0.25) is 4.79 Å². The van der Waals surface area contributed by atoms with Crippen molar-refractivity contribution in [3.63, 3.8) is 0 Å². The molecule has 0 unspecified atom stereocenters. The molecule has 2 aromatic rings. The summed E-state index contributed by atoms with van der Waals surface area (Å²) in [6.45, 7) is 2.59. The largest absolute Gasteiger partial charge is 0.342 e. The normalized spacial score (nSPS) is 18.0. The third-order valence-electron chi connectivity index (χ3n) is 3.69. The van der Waals surface area contributed by atoms with Gasteiger partial charge in [-0.2, -0.15) is 0 Å². The van der Waals surface area contributed by atoms with Crippen molar-refractivity contribution in [2.24, 2.45) is 0 Å². The first-order valence-corrected chi connectivity index (χ1v) is 7.01. The number of carbonyl (C=O) groups is 1. The number of Topliss-reactive ketones (excluding diaryl/α,β-unsaturated/α-hetero) is 1. The number of carbonyl (C=O) groups excluding carboxylic acids is 1. The first kappa shape index (κ1) is 13.1. The molecular formula is C16H15ClN2O. The number of nitrogens with zero attached hydrogens (tertiary/aromatic N) is 2. The maximum Gasteiger partial charge on any atom is 0.159 e. The number of anilines is 1. The summed E-state index contributed by atoms with van der Waals surface area (Å²) in [5, 5.41) is 0.461. The lowest BCUT2D eigenvalue weighted by molar-refractivity contribution is -0.119. The highest BCUT2D eigenvalue weighted by Crippen LogP contribution is 2.29. The van der Waals surface area contributed by atoms with Gasteiger partial charge in [0.25, 0.3) is 0 Å². The van der Waals surface area contributed by atoms with Gasteiger partial charge in [-0.05, 0) is 18.6 Å². The van der Waals surface area contributed by atoms with Crippen molar-refractivity contribution >= 4 is 23.2 Å². The molecule has 0 saturated heterocycles. The lowest BCUT2D eigenvalue weighted by Gasteiger charge is -2.35. The average Bonchev–Trinajstić information content (AvgIpc) is 2.46. The van der Waals surface area contributed by atoms with Gasteiger partial charge >= 0.3 is 0 Å². The second-order valence-electron chi connectivity index (χ2n) is 5.05. The molecule has 3 nitrogen and oxygen atoms in total. The second-order valence-corrected chi connectivity index (χ2v) is 5.44. The van der Waals surface area contributed by atoms with Crippen molar-refractivity contribution in [2.75, 3.05) is 4.90 Å². The summed E-state index contributed by atoms with van der Waals surface area (Å²) in [6, 6.07) is 13.5. The number of rotatable bonds is 2. The Bertz CT molecular complexity index is 642. The summed E-state index contributed by atoms with van der Waals surface area (Å²) in [4.78, 5) is 18.6. The number of halogens is 1. The molecule has 0 fully saturated rings.